The number of nitrogens with zero attached hydrogens (tertiary/aromatic N) is 4. The van der Waals surface area contributed by atoms with E-state index in [2.05, 4.69) is 31.1 Å². The third-order valence-corrected chi connectivity index (χ3v) is 5.39. The number of piperazine rings is 1. The SMILES string of the molecule is CC(C)NC(=O)CN1CCN(C(=O)CCn2cnc3ccc(Br)cc3c2=O)CC1. The molecule has 2 amide bonds. The normalized spacial score (nSPS) is 15.1. The Balaban J connectivity index is 1.52. The molecule has 1 aliphatic rings. The van der Waals surface area contributed by atoms with Crippen LogP contribution in [0.15, 0.2) is 33.8 Å². The van der Waals surface area contributed by atoms with Crippen molar-refractivity contribution in [3.63, 3.8) is 0 Å². The van der Waals surface area contributed by atoms with Crippen molar-refractivity contribution in [3.05, 3.63) is 39.4 Å². The van der Waals surface area contributed by atoms with Crippen LogP contribution in [0.2, 0.25) is 0 Å². The zero-order valence-corrected chi connectivity index (χ0v) is 18.3. The zero-order chi connectivity index (χ0) is 21.0. The first-order valence-electron chi connectivity index (χ1n) is 9.77. The Bertz CT molecular complexity index is 951. The molecule has 29 heavy (non-hydrogen) atoms. The predicted octanol–water partition coefficient (Wildman–Crippen LogP) is 1.22. The van der Waals surface area contributed by atoms with Crippen molar-refractivity contribution in [3.8, 4) is 0 Å². The second kappa shape index (κ2) is 9.49. The van der Waals surface area contributed by atoms with E-state index in [1.165, 1.54) is 10.9 Å². The number of nitrogens with one attached hydrogen (secondary N) is 1. The first-order chi connectivity index (χ1) is 13.8. The lowest BCUT2D eigenvalue weighted by atomic mass is 10.2. The van der Waals surface area contributed by atoms with Gasteiger partial charge in [0.2, 0.25) is 11.8 Å². The Kier molecular flexibility index (Phi) is 7.02. The van der Waals surface area contributed by atoms with Gasteiger partial charge in [0.15, 0.2) is 0 Å². The molecule has 0 radical (unpaired) electrons. The fourth-order valence-electron chi connectivity index (χ4n) is 3.39. The molecule has 1 saturated heterocycles. The van der Waals surface area contributed by atoms with Gasteiger partial charge in [-0.15, -0.1) is 0 Å². The van der Waals surface area contributed by atoms with Gasteiger partial charge < -0.3 is 10.2 Å². The summed E-state index contributed by atoms with van der Waals surface area (Å²) >= 11 is 3.37. The van der Waals surface area contributed by atoms with Gasteiger partial charge >= 0.3 is 0 Å². The molecule has 1 N–H and O–H groups in total. The third kappa shape index (κ3) is 5.63. The monoisotopic (exact) mass is 463 g/mol. The average Bonchev–Trinajstić information content (AvgIpc) is 2.67. The lowest BCUT2D eigenvalue weighted by Gasteiger charge is -2.34. The van der Waals surface area contributed by atoms with E-state index in [0.717, 1.165) is 4.47 Å². The van der Waals surface area contributed by atoms with Gasteiger partial charge in [0.1, 0.15) is 0 Å². The van der Waals surface area contributed by atoms with E-state index in [1.54, 1.807) is 17.0 Å². The quantitative estimate of drug-likeness (QED) is 0.695. The van der Waals surface area contributed by atoms with Crippen molar-refractivity contribution in [2.24, 2.45) is 0 Å². The number of aryl methyl sites for hydroxylation is 1. The van der Waals surface area contributed by atoms with E-state index < -0.39 is 0 Å². The van der Waals surface area contributed by atoms with Crippen molar-refractivity contribution in [2.75, 3.05) is 32.7 Å². The Hall–Kier alpha value is -2.26. The van der Waals surface area contributed by atoms with Crippen LogP contribution in [0.4, 0.5) is 0 Å². The maximum Gasteiger partial charge on any atom is 0.261 e. The second-order valence-corrected chi connectivity index (χ2v) is 8.45. The molecule has 1 aromatic carbocycles. The highest BCUT2D eigenvalue weighted by atomic mass is 79.9. The minimum Gasteiger partial charge on any atom is -0.353 e. The van der Waals surface area contributed by atoms with Crippen molar-refractivity contribution in [1.29, 1.82) is 0 Å². The highest BCUT2D eigenvalue weighted by molar-refractivity contribution is 9.10. The Labute approximate surface area is 178 Å². The summed E-state index contributed by atoms with van der Waals surface area (Å²) in [7, 11) is 0. The van der Waals surface area contributed by atoms with Crippen molar-refractivity contribution in [1.82, 2.24) is 24.7 Å². The molecule has 0 atom stereocenters. The first kappa shape index (κ1) is 21.4. The topological polar surface area (TPSA) is 87.5 Å². The van der Waals surface area contributed by atoms with Crippen molar-refractivity contribution in [2.45, 2.75) is 32.9 Å². The summed E-state index contributed by atoms with van der Waals surface area (Å²) in [6, 6.07) is 5.50. The average molecular weight is 464 g/mol. The number of hydrogen-bond acceptors (Lipinski definition) is 5. The number of benzene rings is 1. The number of amides is 2. The first-order valence-corrected chi connectivity index (χ1v) is 10.6. The molecule has 0 bridgehead atoms. The van der Waals surface area contributed by atoms with Gasteiger partial charge in [-0.25, -0.2) is 4.98 Å². The maximum atomic E-state index is 12.6. The van der Waals surface area contributed by atoms with E-state index >= 15 is 0 Å². The molecule has 1 aliphatic heterocycles. The fourth-order valence-corrected chi connectivity index (χ4v) is 3.75. The van der Waals surface area contributed by atoms with E-state index in [-0.39, 0.29) is 29.8 Å². The molecule has 9 heteroatoms. The molecule has 0 saturated carbocycles. The van der Waals surface area contributed by atoms with E-state index in [4.69, 9.17) is 0 Å². The van der Waals surface area contributed by atoms with E-state index in [9.17, 15) is 14.4 Å². The Morgan fingerprint density at radius 1 is 1.21 bits per heavy atom. The number of fused-ring (bicyclic) bond motifs is 1. The number of carbonyl (C=O) groups excluding carboxylic acids is 2. The van der Waals surface area contributed by atoms with Crippen molar-refractivity contribution >= 4 is 38.6 Å². The standard InChI is InChI=1S/C20H26BrN5O3/c1-14(2)23-18(27)12-24-7-9-25(10-8-24)19(28)5-6-26-13-22-17-4-3-15(21)11-16(17)20(26)29/h3-4,11,13-14H,5-10,12H2,1-2H3,(H,23,27). The molecule has 8 nitrogen and oxygen atoms in total. The minimum atomic E-state index is -0.148. The molecule has 1 fully saturated rings. The largest absolute Gasteiger partial charge is 0.353 e. The van der Waals surface area contributed by atoms with Gasteiger partial charge in [0.05, 0.1) is 23.8 Å². The molecule has 0 spiro atoms. The number of halogens is 1. The fraction of sp³-hybridized carbons (Fsp3) is 0.500. The van der Waals surface area contributed by atoms with Gasteiger partial charge in [-0.05, 0) is 32.0 Å². The van der Waals surface area contributed by atoms with E-state index in [1.807, 2.05) is 19.9 Å². The van der Waals surface area contributed by atoms with Crippen LogP contribution >= 0.6 is 15.9 Å². The number of carbonyl (C=O) groups is 2. The van der Waals surface area contributed by atoms with Crippen LogP contribution in [-0.4, -0.2) is 69.9 Å². The Morgan fingerprint density at radius 3 is 2.62 bits per heavy atom. The van der Waals surface area contributed by atoms with Crippen LogP contribution < -0.4 is 10.9 Å². The molecule has 3 rings (SSSR count). The number of rotatable bonds is 6. The number of aromatic nitrogens is 2. The van der Waals surface area contributed by atoms with Gasteiger partial charge in [0.25, 0.3) is 5.56 Å². The highest BCUT2D eigenvalue weighted by Crippen LogP contribution is 2.15. The lowest BCUT2D eigenvalue weighted by molar-refractivity contribution is -0.133. The zero-order valence-electron chi connectivity index (χ0n) is 16.7. The van der Waals surface area contributed by atoms with Gasteiger partial charge in [-0.1, -0.05) is 15.9 Å². The minimum absolute atomic E-state index is 0.00888. The maximum absolute atomic E-state index is 12.6. The highest BCUT2D eigenvalue weighted by Gasteiger charge is 2.22. The molecule has 2 heterocycles. The third-order valence-electron chi connectivity index (χ3n) is 4.89. The summed E-state index contributed by atoms with van der Waals surface area (Å²) in [6.45, 7) is 7.04. The van der Waals surface area contributed by atoms with Crippen LogP contribution in [0.5, 0.6) is 0 Å². The summed E-state index contributed by atoms with van der Waals surface area (Å²) in [4.78, 5) is 45.2. The van der Waals surface area contributed by atoms with Crippen LogP contribution in [0.1, 0.15) is 20.3 Å². The summed E-state index contributed by atoms with van der Waals surface area (Å²) < 4.78 is 2.30. The number of hydrogen-bond donors (Lipinski definition) is 1. The van der Waals surface area contributed by atoms with Crippen LogP contribution in [-0.2, 0) is 16.1 Å². The second-order valence-electron chi connectivity index (χ2n) is 7.53. The molecule has 1 aromatic heterocycles. The summed E-state index contributed by atoms with van der Waals surface area (Å²) in [6.07, 6.45) is 1.74. The molecule has 2 aromatic rings. The van der Waals surface area contributed by atoms with Crippen LogP contribution in [0, 0.1) is 0 Å². The molecule has 156 valence electrons. The summed E-state index contributed by atoms with van der Waals surface area (Å²) in [5.41, 5.74) is 0.489. The van der Waals surface area contributed by atoms with Gasteiger partial charge in [-0.3, -0.25) is 23.9 Å². The molecular formula is C20H26BrN5O3. The Morgan fingerprint density at radius 2 is 1.93 bits per heavy atom. The molecule has 0 unspecified atom stereocenters. The smallest absolute Gasteiger partial charge is 0.261 e. The summed E-state index contributed by atoms with van der Waals surface area (Å²) in [5.74, 6) is 0.0205. The lowest BCUT2D eigenvalue weighted by Crippen LogP contribution is -2.51. The van der Waals surface area contributed by atoms with Crippen molar-refractivity contribution < 1.29 is 9.59 Å². The molecular weight excluding hydrogens is 438 g/mol. The van der Waals surface area contributed by atoms with Crippen LogP contribution in [0.25, 0.3) is 10.9 Å². The van der Waals surface area contributed by atoms with Crippen LogP contribution in [0.3, 0.4) is 0 Å². The molecule has 0 aliphatic carbocycles. The van der Waals surface area contributed by atoms with Gasteiger partial charge in [0, 0.05) is 49.7 Å². The van der Waals surface area contributed by atoms with E-state index in [0.29, 0.717) is 50.2 Å². The summed E-state index contributed by atoms with van der Waals surface area (Å²) in [5, 5.41) is 3.41. The predicted molar refractivity (Wildman–Crippen MR) is 115 cm³/mol. The van der Waals surface area contributed by atoms with Gasteiger partial charge in [-0.2, -0.15) is 0 Å².